The molecule has 0 bridgehead atoms. The number of thiocarbonyl (C=S) groups is 1. The lowest BCUT2D eigenvalue weighted by molar-refractivity contribution is 0.0928. The Kier molecular flexibility index (Phi) is 4.24. The normalized spacial score (nSPS) is 10.9. The van der Waals surface area contributed by atoms with Gasteiger partial charge in [-0.15, -0.1) is 0 Å². The van der Waals surface area contributed by atoms with Gasteiger partial charge in [0, 0.05) is 6.07 Å². The van der Waals surface area contributed by atoms with E-state index < -0.39 is 17.3 Å². The molecule has 0 saturated carbocycles. The topological polar surface area (TPSA) is 64.3 Å². The third-order valence-electron chi connectivity index (χ3n) is 2.46. The van der Waals surface area contributed by atoms with Gasteiger partial charge in [0.1, 0.15) is 11.6 Å². The number of carbonyl (C=O) groups is 1. The summed E-state index contributed by atoms with van der Waals surface area (Å²) < 4.78 is 18.5. The first-order valence-electron chi connectivity index (χ1n) is 5.24. The molecule has 0 heterocycles. The summed E-state index contributed by atoms with van der Waals surface area (Å²) in [6.45, 7) is 3.29. The van der Waals surface area contributed by atoms with E-state index in [2.05, 4.69) is 5.32 Å². The molecule has 4 nitrogen and oxygen atoms in total. The van der Waals surface area contributed by atoms with Crippen LogP contribution in [0.5, 0.6) is 5.75 Å². The van der Waals surface area contributed by atoms with Gasteiger partial charge in [0.2, 0.25) is 0 Å². The first-order chi connectivity index (χ1) is 8.27. The molecule has 1 aromatic rings. The van der Waals surface area contributed by atoms with E-state index >= 15 is 0 Å². The quantitative estimate of drug-likeness (QED) is 0.816. The summed E-state index contributed by atoms with van der Waals surface area (Å²) >= 11 is 4.82. The molecule has 0 atom stereocenters. The minimum absolute atomic E-state index is 0.0832. The first-order valence-corrected chi connectivity index (χ1v) is 5.64. The lowest BCUT2D eigenvalue weighted by Gasteiger charge is -2.24. The maximum Gasteiger partial charge on any atom is 0.255 e. The summed E-state index contributed by atoms with van der Waals surface area (Å²) in [5, 5.41) is 2.56. The Morgan fingerprint density at radius 1 is 1.50 bits per heavy atom. The van der Waals surface area contributed by atoms with E-state index in [1.807, 2.05) is 0 Å². The molecular formula is C12H15FN2O2S. The number of rotatable bonds is 4. The number of nitrogens with two attached hydrogens (primary N) is 1. The number of hydrogen-bond donors (Lipinski definition) is 2. The molecule has 0 aliphatic heterocycles. The van der Waals surface area contributed by atoms with Crippen molar-refractivity contribution in [3.05, 3.63) is 29.6 Å². The number of halogens is 1. The lowest BCUT2D eigenvalue weighted by atomic mass is 10.0. The highest BCUT2D eigenvalue weighted by Gasteiger charge is 2.25. The van der Waals surface area contributed by atoms with Gasteiger partial charge in [-0.25, -0.2) is 4.39 Å². The Bertz CT molecular complexity index is 489. The third kappa shape index (κ3) is 3.16. The van der Waals surface area contributed by atoms with Crippen LogP contribution in [0.3, 0.4) is 0 Å². The summed E-state index contributed by atoms with van der Waals surface area (Å²) in [6.07, 6.45) is 0. The standard InChI is InChI=1S/C12H15FN2O2S/c1-12(2,11(14)18)15-10(16)8-5-4-7(17-3)6-9(8)13/h4-6H,1-3H3,(H2,14,18)(H,15,16). The lowest BCUT2D eigenvalue weighted by Crippen LogP contribution is -2.52. The van der Waals surface area contributed by atoms with E-state index in [9.17, 15) is 9.18 Å². The Hall–Kier alpha value is -1.69. The Labute approximate surface area is 110 Å². The second-order valence-electron chi connectivity index (χ2n) is 4.29. The molecule has 0 unspecified atom stereocenters. The summed E-state index contributed by atoms with van der Waals surface area (Å²) in [5.41, 5.74) is 4.52. The monoisotopic (exact) mass is 270 g/mol. The highest BCUT2D eigenvalue weighted by Crippen LogP contribution is 2.17. The molecule has 98 valence electrons. The number of amides is 1. The largest absolute Gasteiger partial charge is 0.497 e. The van der Waals surface area contributed by atoms with Gasteiger partial charge in [0.15, 0.2) is 0 Å². The molecule has 0 aliphatic rings. The molecule has 0 spiro atoms. The number of benzene rings is 1. The van der Waals surface area contributed by atoms with Crippen molar-refractivity contribution in [2.45, 2.75) is 19.4 Å². The van der Waals surface area contributed by atoms with Crippen LogP contribution in [0.4, 0.5) is 4.39 Å². The molecule has 0 fully saturated rings. The van der Waals surface area contributed by atoms with Crippen molar-refractivity contribution < 1.29 is 13.9 Å². The average Bonchev–Trinajstić information content (AvgIpc) is 2.27. The highest BCUT2D eigenvalue weighted by atomic mass is 32.1. The van der Waals surface area contributed by atoms with Gasteiger partial charge in [0.25, 0.3) is 5.91 Å². The maximum absolute atomic E-state index is 13.7. The molecule has 0 radical (unpaired) electrons. The van der Waals surface area contributed by atoms with Crippen molar-refractivity contribution in [2.24, 2.45) is 5.73 Å². The second kappa shape index (κ2) is 5.30. The molecule has 0 saturated heterocycles. The van der Waals surface area contributed by atoms with E-state index in [0.29, 0.717) is 5.75 Å². The Morgan fingerprint density at radius 2 is 2.11 bits per heavy atom. The van der Waals surface area contributed by atoms with E-state index in [0.717, 1.165) is 6.07 Å². The SMILES string of the molecule is COc1ccc(C(=O)NC(C)(C)C(N)=S)c(F)c1. The fourth-order valence-electron chi connectivity index (χ4n) is 1.22. The molecule has 18 heavy (non-hydrogen) atoms. The van der Waals surface area contributed by atoms with Gasteiger partial charge in [-0.2, -0.15) is 0 Å². The van der Waals surface area contributed by atoms with Crippen LogP contribution in [-0.2, 0) is 0 Å². The van der Waals surface area contributed by atoms with Crippen molar-refractivity contribution >= 4 is 23.1 Å². The van der Waals surface area contributed by atoms with Crippen LogP contribution in [0.25, 0.3) is 0 Å². The first kappa shape index (κ1) is 14.4. The smallest absolute Gasteiger partial charge is 0.255 e. The molecule has 3 N–H and O–H groups in total. The van der Waals surface area contributed by atoms with Crippen LogP contribution in [0.15, 0.2) is 18.2 Å². The third-order valence-corrected chi connectivity index (χ3v) is 2.97. The fourth-order valence-corrected chi connectivity index (χ4v) is 1.27. The number of methoxy groups -OCH3 is 1. The van der Waals surface area contributed by atoms with Crippen LogP contribution < -0.4 is 15.8 Å². The van der Waals surface area contributed by atoms with Crippen LogP contribution in [0.2, 0.25) is 0 Å². The molecule has 6 heteroatoms. The minimum atomic E-state index is -0.876. The van der Waals surface area contributed by atoms with Gasteiger partial charge < -0.3 is 15.8 Å². The van der Waals surface area contributed by atoms with E-state index in [1.165, 1.54) is 19.2 Å². The second-order valence-corrected chi connectivity index (χ2v) is 4.73. The zero-order valence-electron chi connectivity index (χ0n) is 10.4. The molecule has 1 aromatic carbocycles. The average molecular weight is 270 g/mol. The molecular weight excluding hydrogens is 255 g/mol. The van der Waals surface area contributed by atoms with Crippen LogP contribution >= 0.6 is 12.2 Å². The molecule has 0 aliphatic carbocycles. The predicted molar refractivity (Wildman–Crippen MR) is 71.3 cm³/mol. The molecule has 1 rings (SSSR count). The van der Waals surface area contributed by atoms with Crippen LogP contribution in [-0.4, -0.2) is 23.5 Å². The number of nitrogens with one attached hydrogen (secondary N) is 1. The van der Waals surface area contributed by atoms with Gasteiger partial charge in [-0.3, -0.25) is 4.79 Å². The van der Waals surface area contributed by atoms with Crippen molar-refractivity contribution in [3.63, 3.8) is 0 Å². The van der Waals surface area contributed by atoms with E-state index in [-0.39, 0.29) is 10.6 Å². The van der Waals surface area contributed by atoms with Gasteiger partial charge in [-0.1, -0.05) is 12.2 Å². The number of ether oxygens (including phenoxy) is 1. The highest BCUT2D eigenvalue weighted by molar-refractivity contribution is 7.80. The van der Waals surface area contributed by atoms with Crippen molar-refractivity contribution in [1.82, 2.24) is 5.32 Å². The molecule has 0 aromatic heterocycles. The van der Waals surface area contributed by atoms with E-state index in [4.69, 9.17) is 22.7 Å². The van der Waals surface area contributed by atoms with Gasteiger partial charge >= 0.3 is 0 Å². The van der Waals surface area contributed by atoms with Crippen molar-refractivity contribution in [2.75, 3.05) is 7.11 Å². The van der Waals surface area contributed by atoms with Gasteiger partial charge in [0.05, 0.1) is 23.2 Å². The Morgan fingerprint density at radius 3 is 2.56 bits per heavy atom. The van der Waals surface area contributed by atoms with Crippen molar-refractivity contribution in [3.8, 4) is 5.75 Å². The van der Waals surface area contributed by atoms with Crippen LogP contribution in [0.1, 0.15) is 24.2 Å². The zero-order valence-corrected chi connectivity index (χ0v) is 11.2. The fraction of sp³-hybridized carbons (Fsp3) is 0.333. The number of hydrogen-bond acceptors (Lipinski definition) is 3. The summed E-state index contributed by atoms with van der Waals surface area (Å²) in [4.78, 5) is 12.0. The zero-order chi connectivity index (χ0) is 13.9. The minimum Gasteiger partial charge on any atom is -0.497 e. The summed E-state index contributed by atoms with van der Waals surface area (Å²) in [5.74, 6) is -0.892. The predicted octanol–water partition coefficient (Wildman–Crippen LogP) is 1.63. The summed E-state index contributed by atoms with van der Waals surface area (Å²) in [7, 11) is 1.42. The number of carbonyl (C=O) groups excluding carboxylic acids is 1. The summed E-state index contributed by atoms with van der Waals surface area (Å²) in [6, 6.07) is 3.99. The molecule has 1 amide bonds. The maximum atomic E-state index is 13.7. The van der Waals surface area contributed by atoms with Gasteiger partial charge in [-0.05, 0) is 26.0 Å². The van der Waals surface area contributed by atoms with Crippen LogP contribution in [0, 0.1) is 5.82 Å². The van der Waals surface area contributed by atoms with E-state index in [1.54, 1.807) is 13.8 Å². The van der Waals surface area contributed by atoms with Crippen molar-refractivity contribution in [1.29, 1.82) is 0 Å². The Balaban J connectivity index is 2.95.